The normalized spacial score (nSPS) is 11.3. The lowest BCUT2D eigenvalue weighted by Crippen LogP contribution is -2.39. The molecule has 0 unspecified atom stereocenters. The summed E-state index contributed by atoms with van der Waals surface area (Å²) in [7, 11) is -4.06. The molecule has 0 aromatic heterocycles. The van der Waals surface area contributed by atoms with Gasteiger partial charge < -0.3 is 5.11 Å². The van der Waals surface area contributed by atoms with E-state index in [4.69, 9.17) is 16.7 Å². The largest absolute Gasteiger partial charge is 0.478 e. The number of hydrogen-bond donors (Lipinski definition) is 2. The van der Waals surface area contributed by atoms with Crippen LogP contribution in [0.5, 0.6) is 0 Å². The average molecular weight is 486 g/mol. The van der Waals surface area contributed by atoms with Crippen molar-refractivity contribution in [2.75, 3.05) is 10.8 Å². The van der Waals surface area contributed by atoms with Crippen molar-refractivity contribution in [1.29, 1.82) is 0 Å². The highest BCUT2D eigenvalue weighted by atomic mass is 35.5. The molecule has 0 saturated carbocycles. The van der Waals surface area contributed by atoms with E-state index < -0.39 is 28.4 Å². The Hall–Kier alpha value is -3.69. The third-order valence-corrected chi connectivity index (χ3v) is 6.82. The van der Waals surface area contributed by atoms with Gasteiger partial charge in [0.25, 0.3) is 15.9 Å². The van der Waals surface area contributed by atoms with Crippen LogP contribution in [0.15, 0.2) is 82.8 Å². The number of hydrogen-bond acceptors (Lipinski definition) is 5. The van der Waals surface area contributed by atoms with Crippen molar-refractivity contribution in [2.24, 2.45) is 5.10 Å². The summed E-state index contributed by atoms with van der Waals surface area (Å²) in [6.45, 7) is 1.25. The molecule has 3 aromatic carbocycles. The zero-order valence-electron chi connectivity index (χ0n) is 17.5. The zero-order valence-corrected chi connectivity index (χ0v) is 19.0. The smallest absolute Gasteiger partial charge is 0.335 e. The predicted molar refractivity (Wildman–Crippen MR) is 126 cm³/mol. The number of aryl methyl sites for hydroxylation is 1. The van der Waals surface area contributed by atoms with Crippen LogP contribution >= 0.6 is 11.6 Å². The lowest BCUT2D eigenvalue weighted by molar-refractivity contribution is -0.119. The van der Waals surface area contributed by atoms with E-state index in [1.807, 2.05) is 0 Å². The zero-order chi connectivity index (χ0) is 24.0. The minimum atomic E-state index is -4.06. The number of benzene rings is 3. The summed E-state index contributed by atoms with van der Waals surface area (Å²) >= 11 is 6.19. The quantitative estimate of drug-likeness (QED) is 0.373. The maximum absolute atomic E-state index is 13.3. The maximum Gasteiger partial charge on any atom is 0.335 e. The third-order valence-electron chi connectivity index (χ3n) is 4.62. The van der Waals surface area contributed by atoms with Crippen molar-refractivity contribution in [3.8, 4) is 0 Å². The average Bonchev–Trinajstić information content (AvgIpc) is 2.80. The van der Waals surface area contributed by atoms with Crippen LogP contribution in [0.3, 0.4) is 0 Å². The Kier molecular flexibility index (Phi) is 7.47. The minimum absolute atomic E-state index is 0.0246. The molecule has 33 heavy (non-hydrogen) atoms. The summed E-state index contributed by atoms with van der Waals surface area (Å²) in [5, 5.41) is 13.1. The molecule has 3 aromatic rings. The Labute approximate surface area is 196 Å². The van der Waals surface area contributed by atoms with E-state index in [0.29, 0.717) is 10.6 Å². The molecule has 1 amide bonds. The number of carboxylic acids is 1. The molecule has 0 atom stereocenters. The second-order valence-corrected chi connectivity index (χ2v) is 9.25. The number of carbonyl (C=O) groups is 2. The predicted octanol–water partition coefficient (Wildman–Crippen LogP) is 3.69. The number of rotatable bonds is 8. The fourth-order valence-electron chi connectivity index (χ4n) is 2.83. The topological polar surface area (TPSA) is 116 Å². The van der Waals surface area contributed by atoms with Crippen molar-refractivity contribution < 1.29 is 23.1 Å². The lowest BCUT2D eigenvalue weighted by Gasteiger charge is -2.24. The number of nitrogens with zero attached hydrogens (tertiary/aromatic N) is 2. The molecule has 8 nitrogen and oxygen atoms in total. The van der Waals surface area contributed by atoms with Gasteiger partial charge >= 0.3 is 5.97 Å². The molecule has 0 bridgehead atoms. The number of hydrazone groups is 1. The fraction of sp³-hybridized carbons (Fsp3) is 0.0870. The Bertz CT molecular complexity index is 1290. The van der Waals surface area contributed by atoms with Crippen LogP contribution in [0.25, 0.3) is 0 Å². The molecule has 0 aliphatic carbocycles. The number of nitrogens with one attached hydrogen (secondary N) is 1. The van der Waals surface area contributed by atoms with Crippen molar-refractivity contribution >= 4 is 45.4 Å². The summed E-state index contributed by atoms with van der Waals surface area (Å²) in [6, 6.07) is 18.3. The molecule has 2 N–H and O–H groups in total. The second kappa shape index (κ2) is 10.3. The SMILES string of the molecule is Cc1ccc(N(CC(=O)N/N=C\c2ccc(C(=O)O)cc2)S(=O)(=O)c2ccccc2)cc1Cl. The molecular formula is C23H20ClN3O5S. The van der Waals surface area contributed by atoms with E-state index in [0.717, 1.165) is 9.87 Å². The first kappa shape index (κ1) is 24.0. The number of anilines is 1. The maximum atomic E-state index is 13.3. The second-order valence-electron chi connectivity index (χ2n) is 6.98. The highest BCUT2D eigenvalue weighted by Crippen LogP contribution is 2.27. The summed E-state index contributed by atoms with van der Waals surface area (Å²) in [5.74, 6) is -1.73. The Morgan fingerprint density at radius 2 is 1.73 bits per heavy atom. The number of sulfonamides is 1. The van der Waals surface area contributed by atoms with E-state index in [1.165, 1.54) is 48.7 Å². The van der Waals surface area contributed by atoms with Gasteiger partial charge in [0.05, 0.1) is 22.4 Å². The molecule has 3 rings (SSSR count). The summed E-state index contributed by atoms with van der Waals surface area (Å²) < 4.78 is 27.5. The van der Waals surface area contributed by atoms with E-state index in [2.05, 4.69) is 10.5 Å². The van der Waals surface area contributed by atoms with Crippen LogP contribution in [0.4, 0.5) is 5.69 Å². The highest BCUT2D eigenvalue weighted by Gasteiger charge is 2.27. The fourth-order valence-corrected chi connectivity index (χ4v) is 4.44. The first-order chi connectivity index (χ1) is 15.7. The number of amides is 1. The van der Waals surface area contributed by atoms with Gasteiger partial charge in [-0.05, 0) is 54.4 Å². The summed E-state index contributed by atoms with van der Waals surface area (Å²) in [4.78, 5) is 23.5. The van der Waals surface area contributed by atoms with Gasteiger partial charge in [-0.25, -0.2) is 18.6 Å². The van der Waals surface area contributed by atoms with Crippen LogP contribution in [0, 0.1) is 6.92 Å². The number of aromatic carboxylic acids is 1. The van der Waals surface area contributed by atoms with E-state index in [9.17, 15) is 18.0 Å². The molecule has 10 heteroatoms. The Balaban J connectivity index is 1.81. The Morgan fingerprint density at radius 1 is 1.06 bits per heavy atom. The molecule has 0 heterocycles. The van der Waals surface area contributed by atoms with Crippen molar-refractivity contribution in [1.82, 2.24) is 5.43 Å². The van der Waals surface area contributed by atoms with Gasteiger partial charge in [-0.2, -0.15) is 5.10 Å². The third kappa shape index (κ3) is 5.97. The van der Waals surface area contributed by atoms with Gasteiger partial charge in [0, 0.05) is 5.02 Å². The van der Waals surface area contributed by atoms with Crippen LogP contribution in [-0.4, -0.2) is 38.2 Å². The first-order valence-corrected chi connectivity index (χ1v) is 11.5. The van der Waals surface area contributed by atoms with Crippen molar-refractivity contribution in [3.05, 3.63) is 94.5 Å². The molecule has 0 fully saturated rings. The van der Waals surface area contributed by atoms with E-state index in [-0.39, 0.29) is 16.1 Å². The Morgan fingerprint density at radius 3 is 2.33 bits per heavy atom. The van der Waals surface area contributed by atoms with Gasteiger partial charge in [0.1, 0.15) is 6.54 Å². The monoisotopic (exact) mass is 485 g/mol. The number of halogens is 1. The van der Waals surface area contributed by atoms with Crippen molar-refractivity contribution in [3.63, 3.8) is 0 Å². The van der Waals surface area contributed by atoms with Gasteiger partial charge in [0.2, 0.25) is 0 Å². The molecule has 0 radical (unpaired) electrons. The van der Waals surface area contributed by atoms with Gasteiger partial charge in [-0.1, -0.05) is 48.0 Å². The lowest BCUT2D eigenvalue weighted by atomic mass is 10.1. The number of carboxylic acid groups (broad SMARTS) is 1. The minimum Gasteiger partial charge on any atom is -0.478 e. The van der Waals surface area contributed by atoms with Crippen LogP contribution in [0.2, 0.25) is 5.02 Å². The first-order valence-electron chi connectivity index (χ1n) is 9.67. The highest BCUT2D eigenvalue weighted by molar-refractivity contribution is 7.92. The molecule has 0 spiro atoms. The van der Waals surface area contributed by atoms with E-state index >= 15 is 0 Å². The van der Waals surface area contributed by atoms with Gasteiger partial charge in [-0.15, -0.1) is 0 Å². The van der Waals surface area contributed by atoms with Gasteiger partial charge in [0.15, 0.2) is 0 Å². The standard InChI is InChI=1S/C23H20ClN3O5S/c1-16-7-12-19(13-21(16)24)27(33(31,32)20-5-3-2-4-6-20)15-22(28)26-25-14-17-8-10-18(11-9-17)23(29)30/h2-14H,15H2,1H3,(H,26,28)(H,29,30)/b25-14-. The molecule has 0 aliphatic heterocycles. The van der Waals surface area contributed by atoms with Crippen LogP contribution < -0.4 is 9.73 Å². The molecule has 0 aliphatic rings. The van der Waals surface area contributed by atoms with E-state index in [1.54, 1.807) is 37.3 Å². The molecular weight excluding hydrogens is 466 g/mol. The summed E-state index contributed by atoms with van der Waals surface area (Å²) in [5.41, 5.74) is 3.97. The number of carbonyl (C=O) groups excluding carboxylic acids is 1. The molecule has 170 valence electrons. The van der Waals surface area contributed by atoms with Crippen molar-refractivity contribution in [2.45, 2.75) is 11.8 Å². The summed E-state index contributed by atoms with van der Waals surface area (Å²) in [6.07, 6.45) is 1.32. The van der Waals surface area contributed by atoms with Gasteiger partial charge in [-0.3, -0.25) is 9.10 Å². The van der Waals surface area contributed by atoms with Crippen LogP contribution in [0.1, 0.15) is 21.5 Å². The molecule has 0 saturated heterocycles. The van der Waals surface area contributed by atoms with Crippen LogP contribution in [-0.2, 0) is 14.8 Å².